The van der Waals surface area contributed by atoms with Crippen LogP contribution in [0, 0.1) is 0 Å². The molecule has 1 aliphatic rings. The Morgan fingerprint density at radius 1 is 1.56 bits per heavy atom. The van der Waals surface area contributed by atoms with Gasteiger partial charge in [-0.1, -0.05) is 6.92 Å². The van der Waals surface area contributed by atoms with Gasteiger partial charge >= 0.3 is 0 Å². The predicted octanol–water partition coefficient (Wildman–Crippen LogP) is 2.52. The highest BCUT2D eigenvalue weighted by molar-refractivity contribution is 5.53. The lowest BCUT2D eigenvalue weighted by atomic mass is 10.1. The van der Waals surface area contributed by atoms with Gasteiger partial charge in [-0.2, -0.15) is 0 Å². The summed E-state index contributed by atoms with van der Waals surface area (Å²) >= 11 is 0. The van der Waals surface area contributed by atoms with Gasteiger partial charge in [-0.05, 0) is 25.3 Å². The van der Waals surface area contributed by atoms with Crippen LogP contribution in [0.1, 0.15) is 26.2 Å². The van der Waals surface area contributed by atoms with Gasteiger partial charge in [0.1, 0.15) is 5.82 Å². The standard InChI is InChI=1S/C14H23N3O/c1-3-9-18-13-5-4-8-17(11-13)12-6-7-16-14(10-12)15-2/h6-7,10,13H,3-5,8-9,11H2,1-2H3,(H,15,16). The van der Waals surface area contributed by atoms with Gasteiger partial charge in [0.05, 0.1) is 6.10 Å². The van der Waals surface area contributed by atoms with Crippen LogP contribution in [0.4, 0.5) is 11.5 Å². The fourth-order valence-electron chi connectivity index (χ4n) is 2.35. The molecular formula is C14H23N3O. The molecule has 1 saturated heterocycles. The molecule has 100 valence electrons. The molecule has 1 unspecified atom stereocenters. The Labute approximate surface area is 109 Å². The fourth-order valence-corrected chi connectivity index (χ4v) is 2.35. The maximum atomic E-state index is 5.87. The van der Waals surface area contributed by atoms with Crippen molar-refractivity contribution < 1.29 is 4.74 Å². The maximum absolute atomic E-state index is 5.87. The maximum Gasteiger partial charge on any atom is 0.127 e. The average molecular weight is 249 g/mol. The number of piperidine rings is 1. The third-order valence-electron chi connectivity index (χ3n) is 3.30. The number of hydrogen-bond acceptors (Lipinski definition) is 4. The third-order valence-corrected chi connectivity index (χ3v) is 3.30. The molecule has 0 radical (unpaired) electrons. The molecule has 4 nitrogen and oxygen atoms in total. The number of nitrogens with one attached hydrogen (secondary N) is 1. The Morgan fingerprint density at radius 3 is 3.22 bits per heavy atom. The molecule has 1 aliphatic heterocycles. The predicted molar refractivity (Wildman–Crippen MR) is 75.3 cm³/mol. The number of anilines is 2. The van der Waals surface area contributed by atoms with Crippen LogP contribution in [0.15, 0.2) is 18.3 Å². The molecule has 1 atom stereocenters. The Morgan fingerprint density at radius 2 is 2.44 bits per heavy atom. The van der Waals surface area contributed by atoms with E-state index in [-0.39, 0.29) is 0 Å². The van der Waals surface area contributed by atoms with Crippen LogP contribution >= 0.6 is 0 Å². The Kier molecular flexibility index (Phi) is 4.81. The largest absolute Gasteiger partial charge is 0.376 e. The van der Waals surface area contributed by atoms with E-state index in [1.807, 2.05) is 13.2 Å². The molecule has 1 aromatic heterocycles. The van der Waals surface area contributed by atoms with E-state index in [9.17, 15) is 0 Å². The van der Waals surface area contributed by atoms with E-state index < -0.39 is 0 Å². The first-order valence-corrected chi connectivity index (χ1v) is 6.84. The van der Waals surface area contributed by atoms with E-state index in [2.05, 4.69) is 34.3 Å². The van der Waals surface area contributed by atoms with E-state index in [1.54, 1.807) is 0 Å². The lowest BCUT2D eigenvalue weighted by Gasteiger charge is -2.34. The van der Waals surface area contributed by atoms with E-state index in [0.29, 0.717) is 6.10 Å². The smallest absolute Gasteiger partial charge is 0.127 e. The zero-order chi connectivity index (χ0) is 12.8. The van der Waals surface area contributed by atoms with Crippen molar-refractivity contribution in [2.75, 3.05) is 37.0 Å². The van der Waals surface area contributed by atoms with Crippen LogP contribution in [0.3, 0.4) is 0 Å². The second-order valence-corrected chi connectivity index (χ2v) is 4.73. The van der Waals surface area contributed by atoms with Crippen LogP contribution in [-0.4, -0.2) is 37.8 Å². The van der Waals surface area contributed by atoms with Crippen molar-refractivity contribution in [2.24, 2.45) is 0 Å². The number of rotatable bonds is 5. The second kappa shape index (κ2) is 6.59. The molecule has 18 heavy (non-hydrogen) atoms. The molecule has 0 aromatic carbocycles. The molecule has 2 rings (SSSR count). The minimum Gasteiger partial charge on any atom is -0.376 e. The number of nitrogens with zero attached hydrogens (tertiary/aromatic N) is 2. The van der Waals surface area contributed by atoms with Crippen molar-refractivity contribution in [3.05, 3.63) is 18.3 Å². The minimum atomic E-state index is 0.380. The van der Waals surface area contributed by atoms with Gasteiger partial charge < -0.3 is 15.0 Å². The van der Waals surface area contributed by atoms with E-state index in [1.165, 1.54) is 18.5 Å². The van der Waals surface area contributed by atoms with Crippen molar-refractivity contribution in [1.29, 1.82) is 0 Å². The molecule has 1 aromatic rings. The molecular weight excluding hydrogens is 226 g/mol. The molecule has 0 amide bonds. The lowest BCUT2D eigenvalue weighted by molar-refractivity contribution is 0.0440. The molecule has 0 spiro atoms. The number of aromatic nitrogens is 1. The van der Waals surface area contributed by atoms with Gasteiger partial charge in [-0.15, -0.1) is 0 Å². The summed E-state index contributed by atoms with van der Waals surface area (Å²) in [7, 11) is 1.90. The van der Waals surface area contributed by atoms with Gasteiger partial charge in [-0.25, -0.2) is 4.98 Å². The van der Waals surface area contributed by atoms with Gasteiger partial charge in [0, 0.05) is 44.7 Å². The van der Waals surface area contributed by atoms with Gasteiger partial charge in [-0.3, -0.25) is 0 Å². The van der Waals surface area contributed by atoms with Crippen molar-refractivity contribution in [3.63, 3.8) is 0 Å². The number of ether oxygens (including phenoxy) is 1. The average Bonchev–Trinajstić information content (AvgIpc) is 2.45. The van der Waals surface area contributed by atoms with Crippen LogP contribution in [0.2, 0.25) is 0 Å². The molecule has 1 N–H and O–H groups in total. The molecule has 0 bridgehead atoms. The normalized spacial score (nSPS) is 19.9. The minimum absolute atomic E-state index is 0.380. The van der Waals surface area contributed by atoms with Crippen LogP contribution in [0.5, 0.6) is 0 Å². The van der Waals surface area contributed by atoms with E-state index in [4.69, 9.17) is 4.74 Å². The van der Waals surface area contributed by atoms with Gasteiger partial charge in [0.15, 0.2) is 0 Å². The van der Waals surface area contributed by atoms with E-state index in [0.717, 1.165) is 31.9 Å². The highest BCUT2D eigenvalue weighted by Crippen LogP contribution is 2.22. The highest BCUT2D eigenvalue weighted by Gasteiger charge is 2.20. The Bertz CT molecular complexity index is 370. The summed E-state index contributed by atoms with van der Waals surface area (Å²) in [4.78, 5) is 6.65. The zero-order valence-electron chi connectivity index (χ0n) is 11.4. The summed E-state index contributed by atoms with van der Waals surface area (Å²) < 4.78 is 5.87. The molecule has 1 fully saturated rings. The second-order valence-electron chi connectivity index (χ2n) is 4.73. The summed E-state index contributed by atoms with van der Waals surface area (Å²) in [5.74, 6) is 0.920. The van der Waals surface area contributed by atoms with E-state index >= 15 is 0 Å². The summed E-state index contributed by atoms with van der Waals surface area (Å²) in [6, 6.07) is 4.17. The molecule has 0 aliphatic carbocycles. The lowest BCUT2D eigenvalue weighted by Crippen LogP contribution is -2.39. The van der Waals surface area contributed by atoms with Crippen molar-refractivity contribution in [3.8, 4) is 0 Å². The quantitative estimate of drug-likeness (QED) is 0.870. The first kappa shape index (κ1) is 13.1. The number of pyridine rings is 1. The first-order chi connectivity index (χ1) is 8.83. The SMILES string of the molecule is CCCOC1CCCN(c2ccnc(NC)c2)C1. The van der Waals surface area contributed by atoms with Crippen LogP contribution in [0.25, 0.3) is 0 Å². The Balaban J connectivity index is 1.98. The van der Waals surface area contributed by atoms with Crippen LogP contribution < -0.4 is 10.2 Å². The van der Waals surface area contributed by atoms with Crippen molar-refractivity contribution in [2.45, 2.75) is 32.3 Å². The molecule has 4 heteroatoms. The highest BCUT2D eigenvalue weighted by atomic mass is 16.5. The Hall–Kier alpha value is -1.29. The topological polar surface area (TPSA) is 37.4 Å². The number of hydrogen-bond donors (Lipinski definition) is 1. The van der Waals surface area contributed by atoms with Crippen molar-refractivity contribution >= 4 is 11.5 Å². The third kappa shape index (κ3) is 3.35. The summed E-state index contributed by atoms with van der Waals surface area (Å²) in [5, 5.41) is 3.08. The first-order valence-electron chi connectivity index (χ1n) is 6.84. The summed E-state index contributed by atoms with van der Waals surface area (Å²) in [6.45, 7) is 5.13. The monoisotopic (exact) mass is 249 g/mol. The summed E-state index contributed by atoms with van der Waals surface area (Å²) in [5.41, 5.74) is 1.24. The molecule has 0 saturated carbocycles. The fraction of sp³-hybridized carbons (Fsp3) is 0.643. The molecule has 2 heterocycles. The zero-order valence-corrected chi connectivity index (χ0v) is 11.4. The van der Waals surface area contributed by atoms with Crippen molar-refractivity contribution in [1.82, 2.24) is 4.98 Å². The van der Waals surface area contributed by atoms with Crippen LogP contribution in [-0.2, 0) is 4.74 Å². The van der Waals surface area contributed by atoms with Gasteiger partial charge in [0.2, 0.25) is 0 Å². The summed E-state index contributed by atoms with van der Waals surface area (Å²) in [6.07, 6.45) is 5.71. The van der Waals surface area contributed by atoms with Gasteiger partial charge in [0.25, 0.3) is 0 Å².